The van der Waals surface area contributed by atoms with Gasteiger partial charge in [-0.1, -0.05) is 300 Å². The predicted molar refractivity (Wildman–Crippen MR) is 324 cm³/mol. The number of hydrogen-bond donors (Lipinski definition) is 3. The standard InChI is InChI=1S/C68H127NO5/c1-3-5-7-9-11-13-14-38-42-46-50-54-58-62-68(73)74-63-59-55-51-47-43-40-37-35-33-31-29-27-25-23-21-19-17-15-16-18-20-22-24-26-28-30-32-34-36-39-41-45-49-53-57-61-67(72)69-65(64-70)66(71)60-56-52-48-44-12-10-8-6-4-2/h7,9,13-14,17,19,56,60,65-66,70-71H,3-6,8,10-12,15-16,18,20-55,57-59,61-64H2,1-2H3,(H,69,72)/b9-7-,14-13-,19-17-,60-56+. The van der Waals surface area contributed by atoms with Crippen LogP contribution in [-0.2, 0) is 14.3 Å². The van der Waals surface area contributed by atoms with Gasteiger partial charge in [0.2, 0.25) is 5.91 Å². The Balaban J connectivity index is 3.33. The molecule has 1 amide bonds. The van der Waals surface area contributed by atoms with Crippen molar-refractivity contribution in [3.05, 3.63) is 48.6 Å². The van der Waals surface area contributed by atoms with Crippen molar-refractivity contribution in [1.82, 2.24) is 5.32 Å². The summed E-state index contributed by atoms with van der Waals surface area (Å²) in [6, 6.07) is -0.623. The SMILES string of the molecule is CCC/C=C\C/C=C\CCCCCCCC(=O)OCCCCCCCCCCCCCCCC/C=C\CCCCCCCCCCCCCCCCCCCC(=O)NC(CO)C(O)/C=C/CCCCCCCCC. The summed E-state index contributed by atoms with van der Waals surface area (Å²) in [5.74, 6) is -0.0624. The first-order valence-corrected chi connectivity index (χ1v) is 32.9. The van der Waals surface area contributed by atoms with E-state index in [4.69, 9.17) is 4.74 Å². The highest BCUT2D eigenvalue weighted by molar-refractivity contribution is 5.76. The Bertz CT molecular complexity index is 1240. The highest BCUT2D eigenvalue weighted by atomic mass is 16.5. The third kappa shape index (κ3) is 59.1. The van der Waals surface area contributed by atoms with E-state index in [1.807, 2.05) is 6.08 Å². The fourth-order valence-corrected chi connectivity index (χ4v) is 10.0. The van der Waals surface area contributed by atoms with Gasteiger partial charge in [0.15, 0.2) is 0 Å². The molecule has 3 N–H and O–H groups in total. The molecule has 6 nitrogen and oxygen atoms in total. The number of esters is 1. The van der Waals surface area contributed by atoms with E-state index in [9.17, 15) is 19.8 Å². The molecule has 0 aromatic heterocycles. The highest BCUT2D eigenvalue weighted by Gasteiger charge is 2.18. The average molecular weight is 1040 g/mol. The van der Waals surface area contributed by atoms with Crippen molar-refractivity contribution in [1.29, 1.82) is 0 Å². The molecule has 0 aliphatic heterocycles. The van der Waals surface area contributed by atoms with Gasteiger partial charge in [0.1, 0.15) is 0 Å². The van der Waals surface area contributed by atoms with Gasteiger partial charge in [0.25, 0.3) is 0 Å². The zero-order valence-corrected chi connectivity index (χ0v) is 49.6. The molecule has 0 aromatic carbocycles. The van der Waals surface area contributed by atoms with Gasteiger partial charge in [-0.2, -0.15) is 0 Å². The predicted octanol–water partition coefficient (Wildman–Crippen LogP) is 20.9. The molecule has 0 saturated heterocycles. The van der Waals surface area contributed by atoms with E-state index < -0.39 is 12.1 Å². The fraction of sp³-hybridized carbons (Fsp3) is 0.853. The monoisotopic (exact) mass is 1040 g/mol. The maximum Gasteiger partial charge on any atom is 0.305 e. The molecule has 434 valence electrons. The zero-order valence-electron chi connectivity index (χ0n) is 49.6. The van der Waals surface area contributed by atoms with Gasteiger partial charge in [-0.3, -0.25) is 9.59 Å². The lowest BCUT2D eigenvalue weighted by Crippen LogP contribution is -2.45. The number of unbranched alkanes of at least 4 members (excludes halogenated alkanes) is 44. The lowest BCUT2D eigenvalue weighted by molar-refractivity contribution is -0.143. The minimum atomic E-state index is -0.840. The number of nitrogens with one attached hydrogen (secondary N) is 1. The zero-order chi connectivity index (χ0) is 53.6. The van der Waals surface area contributed by atoms with Gasteiger partial charge >= 0.3 is 5.97 Å². The largest absolute Gasteiger partial charge is 0.466 e. The number of aliphatic hydroxyl groups is 2. The quantitative estimate of drug-likeness (QED) is 0.0320. The summed E-state index contributed by atoms with van der Waals surface area (Å²) in [6.07, 6.45) is 82.0. The third-order valence-electron chi connectivity index (χ3n) is 15.0. The Hall–Kier alpha value is -2.18. The van der Waals surface area contributed by atoms with Crippen molar-refractivity contribution < 1.29 is 24.5 Å². The van der Waals surface area contributed by atoms with E-state index in [1.54, 1.807) is 6.08 Å². The van der Waals surface area contributed by atoms with Crippen molar-refractivity contribution in [2.75, 3.05) is 13.2 Å². The molecule has 0 saturated carbocycles. The summed E-state index contributed by atoms with van der Waals surface area (Å²) < 4.78 is 5.47. The van der Waals surface area contributed by atoms with Crippen LogP contribution in [0.4, 0.5) is 0 Å². The highest BCUT2D eigenvalue weighted by Crippen LogP contribution is 2.18. The van der Waals surface area contributed by atoms with Gasteiger partial charge in [-0.25, -0.2) is 0 Å². The lowest BCUT2D eigenvalue weighted by atomic mass is 10.0. The van der Waals surface area contributed by atoms with Crippen LogP contribution in [0.1, 0.15) is 348 Å². The second kappa shape index (κ2) is 63.4. The summed E-state index contributed by atoms with van der Waals surface area (Å²) in [7, 11) is 0. The number of carbonyl (C=O) groups excluding carboxylic acids is 2. The van der Waals surface area contributed by atoms with Crippen molar-refractivity contribution >= 4 is 11.9 Å². The topological polar surface area (TPSA) is 95.9 Å². The Morgan fingerprint density at radius 3 is 1.09 bits per heavy atom. The maximum absolute atomic E-state index is 12.4. The summed E-state index contributed by atoms with van der Waals surface area (Å²) in [5, 5.41) is 23.0. The summed E-state index contributed by atoms with van der Waals surface area (Å²) in [5.41, 5.74) is 0. The molecule has 2 atom stereocenters. The number of allylic oxidation sites excluding steroid dienone is 7. The van der Waals surface area contributed by atoms with Gasteiger partial charge in [0.05, 0.1) is 25.4 Å². The van der Waals surface area contributed by atoms with Crippen LogP contribution in [0, 0.1) is 0 Å². The first kappa shape index (κ1) is 71.8. The number of ether oxygens (including phenoxy) is 1. The molecular formula is C68H127NO5. The number of amides is 1. The number of rotatable bonds is 61. The molecule has 6 heteroatoms. The minimum absolute atomic E-state index is 0.00421. The summed E-state index contributed by atoms with van der Waals surface area (Å²) >= 11 is 0. The van der Waals surface area contributed by atoms with Crippen LogP contribution in [0.15, 0.2) is 48.6 Å². The van der Waals surface area contributed by atoms with E-state index in [0.717, 1.165) is 51.4 Å². The van der Waals surface area contributed by atoms with Crippen LogP contribution >= 0.6 is 0 Å². The molecule has 74 heavy (non-hydrogen) atoms. The number of carbonyl (C=O) groups is 2. The van der Waals surface area contributed by atoms with E-state index >= 15 is 0 Å². The van der Waals surface area contributed by atoms with Gasteiger partial charge in [-0.05, 0) is 83.5 Å². The van der Waals surface area contributed by atoms with Crippen LogP contribution < -0.4 is 5.32 Å². The van der Waals surface area contributed by atoms with Crippen molar-refractivity contribution in [3.63, 3.8) is 0 Å². The average Bonchev–Trinajstić information content (AvgIpc) is 3.40. The van der Waals surface area contributed by atoms with Gasteiger partial charge in [-0.15, -0.1) is 0 Å². The molecule has 0 aliphatic rings. The molecule has 0 heterocycles. The maximum atomic E-state index is 12.4. The molecular weight excluding hydrogens is 911 g/mol. The third-order valence-corrected chi connectivity index (χ3v) is 15.0. The minimum Gasteiger partial charge on any atom is -0.466 e. The lowest BCUT2D eigenvalue weighted by Gasteiger charge is -2.20. The fourth-order valence-electron chi connectivity index (χ4n) is 10.0. The van der Waals surface area contributed by atoms with Crippen LogP contribution in [0.25, 0.3) is 0 Å². The Morgan fingerprint density at radius 1 is 0.378 bits per heavy atom. The normalized spacial score (nSPS) is 12.9. The van der Waals surface area contributed by atoms with E-state index in [2.05, 4.69) is 55.6 Å². The molecule has 0 radical (unpaired) electrons. The molecule has 0 aliphatic carbocycles. The van der Waals surface area contributed by atoms with E-state index in [0.29, 0.717) is 19.4 Å². The van der Waals surface area contributed by atoms with Crippen molar-refractivity contribution in [2.24, 2.45) is 0 Å². The van der Waals surface area contributed by atoms with E-state index in [-0.39, 0.29) is 18.5 Å². The number of aliphatic hydroxyl groups excluding tert-OH is 2. The summed E-state index contributed by atoms with van der Waals surface area (Å²) in [4.78, 5) is 24.4. The van der Waals surface area contributed by atoms with E-state index in [1.165, 1.54) is 270 Å². The second-order valence-electron chi connectivity index (χ2n) is 22.4. The molecule has 0 rings (SSSR count). The first-order chi connectivity index (χ1) is 36.5. The van der Waals surface area contributed by atoms with Crippen LogP contribution in [0.3, 0.4) is 0 Å². The molecule has 0 bridgehead atoms. The molecule has 0 fully saturated rings. The van der Waals surface area contributed by atoms with Crippen LogP contribution in [0.5, 0.6) is 0 Å². The van der Waals surface area contributed by atoms with Gasteiger partial charge in [0, 0.05) is 12.8 Å². The first-order valence-electron chi connectivity index (χ1n) is 32.9. The summed E-state index contributed by atoms with van der Waals surface area (Å²) in [6.45, 7) is 4.82. The van der Waals surface area contributed by atoms with Crippen molar-refractivity contribution in [3.8, 4) is 0 Å². The Labute approximate surface area is 461 Å². The molecule has 0 spiro atoms. The number of hydrogen-bond acceptors (Lipinski definition) is 5. The van der Waals surface area contributed by atoms with Crippen LogP contribution in [0.2, 0.25) is 0 Å². The van der Waals surface area contributed by atoms with Gasteiger partial charge < -0.3 is 20.3 Å². The second-order valence-corrected chi connectivity index (χ2v) is 22.4. The Morgan fingerprint density at radius 2 is 0.703 bits per heavy atom. The molecule has 2 unspecified atom stereocenters. The molecule has 0 aromatic rings. The Kier molecular flexibility index (Phi) is 61.5. The van der Waals surface area contributed by atoms with Crippen LogP contribution in [-0.4, -0.2) is 47.4 Å². The smallest absolute Gasteiger partial charge is 0.305 e. The van der Waals surface area contributed by atoms with Crippen molar-refractivity contribution in [2.45, 2.75) is 360 Å².